The van der Waals surface area contributed by atoms with Crippen LogP contribution in [0.2, 0.25) is 0 Å². The molecule has 3 amide bonds. The molecule has 0 bridgehead atoms. The number of hydrogen-bond donors (Lipinski definition) is 1. The van der Waals surface area contributed by atoms with E-state index in [2.05, 4.69) is 5.32 Å². The third-order valence-corrected chi connectivity index (χ3v) is 5.02. The van der Waals surface area contributed by atoms with Crippen LogP contribution in [0.1, 0.15) is 58.8 Å². The Balaban J connectivity index is 1.70. The number of carbonyl (C=O) groups is 3. The summed E-state index contributed by atoms with van der Waals surface area (Å²) in [6.07, 6.45) is 8.09. The van der Waals surface area contributed by atoms with E-state index in [9.17, 15) is 14.4 Å². The molecular weight excluding hydrogens is 306 g/mol. The van der Waals surface area contributed by atoms with Gasteiger partial charge in [0.25, 0.3) is 0 Å². The van der Waals surface area contributed by atoms with Gasteiger partial charge in [-0.05, 0) is 26.2 Å². The minimum atomic E-state index is -0.554. The number of rotatable bonds is 4. The van der Waals surface area contributed by atoms with E-state index in [0.29, 0.717) is 38.5 Å². The number of carbonyl (C=O) groups excluding carboxylic acids is 3. The lowest BCUT2D eigenvalue weighted by Gasteiger charge is -2.35. The summed E-state index contributed by atoms with van der Waals surface area (Å²) in [6.45, 7) is 5.61. The predicted molar refractivity (Wildman–Crippen MR) is 92.2 cm³/mol. The Hall–Kier alpha value is -1.59. The summed E-state index contributed by atoms with van der Waals surface area (Å²) >= 11 is 0. The Morgan fingerprint density at radius 1 is 0.958 bits per heavy atom. The minimum absolute atomic E-state index is 0.0518. The summed E-state index contributed by atoms with van der Waals surface area (Å²) in [4.78, 5) is 39.5. The second-order valence-corrected chi connectivity index (χ2v) is 7.34. The summed E-state index contributed by atoms with van der Waals surface area (Å²) in [5.74, 6) is -0.135. The highest BCUT2D eigenvalue weighted by molar-refractivity contribution is 6.35. The Bertz CT molecular complexity index is 450. The molecule has 1 N–H and O–H groups in total. The molecule has 0 aromatic heterocycles. The number of hydrogen-bond acceptors (Lipinski definition) is 3. The topological polar surface area (TPSA) is 69.7 Å². The Morgan fingerprint density at radius 3 is 2.12 bits per heavy atom. The van der Waals surface area contributed by atoms with Gasteiger partial charge in [0.2, 0.25) is 5.91 Å². The van der Waals surface area contributed by atoms with Crippen LogP contribution in [0.25, 0.3) is 0 Å². The van der Waals surface area contributed by atoms with Crippen molar-refractivity contribution in [2.45, 2.75) is 64.8 Å². The normalized spacial score (nSPS) is 19.5. The van der Waals surface area contributed by atoms with E-state index in [1.165, 1.54) is 32.1 Å². The Labute approximate surface area is 144 Å². The standard InChI is InChI=1S/C18H31N3O3/c1-14(2)19-17(23)18(24)21-12-10-20(11-13-21)16(22)9-8-15-6-4-3-5-7-15/h14-15H,3-13H2,1-2H3,(H,19,23). The van der Waals surface area contributed by atoms with E-state index >= 15 is 0 Å². The maximum Gasteiger partial charge on any atom is 0.312 e. The van der Waals surface area contributed by atoms with Gasteiger partial charge in [0, 0.05) is 38.6 Å². The van der Waals surface area contributed by atoms with Gasteiger partial charge in [-0.25, -0.2) is 0 Å². The first kappa shape index (κ1) is 18.7. The fourth-order valence-corrected chi connectivity index (χ4v) is 3.59. The SMILES string of the molecule is CC(C)NC(=O)C(=O)N1CCN(C(=O)CCC2CCCCC2)CC1. The Morgan fingerprint density at radius 2 is 1.54 bits per heavy atom. The van der Waals surface area contributed by atoms with Gasteiger partial charge >= 0.3 is 11.8 Å². The van der Waals surface area contributed by atoms with Gasteiger partial charge in [0.05, 0.1) is 0 Å². The van der Waals surface area contributed by atoms with E-state index in [1.807, 2.05) is 18.7 Å². The molecule has 2 rings (SSSR count). The average Bonchev–Trinajstić information content (AvgIpc) is 2.59. The lowest BCUT2D eigenvalue weighted by molar-refractivity contribution is -0.148. The molecule has 1 saturated heterocycles. The highest BCUT2D eigenvalue weighted by Gasteiger charge is 2.28. The third kappa shape index (κ3) is 5.49. The average molecular weight is 337 g/mol. The molecule has 24 heavy (non-hydrogen) atoms. The molecule has 1 saturated carbocycles. The zero-order chi connectivity index (χ0) is 17.5. The largest absolute Gasteiger partial charge is 0.346 e. The monoisotopic (exact) mass is 337 g/mol. The number of nitrogens with zero attached hydrogens (tertiary/aromatic N) is 2. The zero-order valence-corrected chi connectivity index (χ0v) is 15.1. The number of amides is 3. The van der Waals surface area contributed by atoms with Crippen molar-refractivity contribution in [2.75, 3.05) is 26.2 Å². The fourth-order valence-electron chi connectivity index (χ4n) is 3.59. The second-order valence-electron chi connectivity index (χ2n) is 7.34. The van der Waals surface area contributed by atoms with Crippen molar-refractivity contribution in [1.29, 1.82) is 0 Å². The molecule has 0 aromatic rings. The molecule has 1 heterocycles. The first-order valence-electron chi connectivity index (χ1n) is 9.35. The number of nitrogens with one attached hydrogen (secondary N) is 1. The van der Waals surface area contributed by atoms with Gasteiger partial charge < -0.3 is 15.1 Å². The van der Waals surface area contributed by atoms with Gasteiger partial charge in [0.15, 0.2) is 0 Å². The van der Waals surface area contributed by atoms with Crippen LogP contribution in [0.15, 0.2) is 0 Å². The van der Waals surface area contributed by atoms with Crippen LogP contribution in [0, 0.1) is 5.92 Å². The predicted octanol–water partition coefficient (Wildman–Crippen LogP) is 1.54. The van der Waals surface area contributed by atoms with Crippen molar-refractivity contribution in [3.05, 3.63) is 0 Å². The molecule has 1 aliphatic carbocycles. The molecule has 0 unspecified atom stereocenters. The molecule has 6 heteroatoms. The zero-order valence-electron chi connectivity index (χ0n) is 15.1. The molecule has 0 aromatic carbocycles. The molecular formula is C18H31N3O3. The molecule has 136 valence electrons. The van der Waals surface area contributed by atoms with Crippen LogP contribution in [0.4, 0.5) is 0 Å². The van der Waals surface area contributed by atoms with E-state index in [1.54, 1.807) is 4.90 Å². The number of piperazine rings is 1. The van der Waals surface area contributed by atoms with E-state index in [-0.39, 0.29) is 11.9 Å². The molecule has 2 aliphatic rings. The summed E-state index contributed by atoms with van der Waals surface area (Å²) in [5, 5.41) is 2.62. The van der Waals surface area contributed by atoms with Crippen LogP contribution in [-0.4, -0.2) is 59.7 Å². The van der Waals surface area contributed by atoms with E-state index in [4.69, 9.17) is 0 Å². The summed E-state index contributed by atoms with van der Waals surface area (Å²) in [7, 11) is 0. The van der Waals surface area contributed by atoms with Crippen molar-refractivity contribution >= 4 is 17.7 Å². The van der Waals surface area contributed by atoms with Gasteiger partial charge in [-0.15, -0.1) is 0 Å². The highest BCUT2D eigenvalue weighted by atomic mass is 16.2. The summed E-state index contributed by atoms with van der Waals surface area (Å²) < 4.78 is 0. The van der Waals surface area contributed by atoms with Crippen molar-refractivity contribution < 1.29 is 14.4 Å². The summed E-state index contributed by atoms with van der Waals surface area (Å²) in [6, 6.07) is -0.0518. The fraction of sp³-hybridized carbons (Fsp3) is 0.833. The van der Waals surface area contributed by atoms with Crippen molar-refractivity contribution in [3.63, 3.8) is 0 Å². The smallest absolute Gasteiger partial charge is 0.312 e. The van der Waals surface area contributed by atoms with Gasteiger partial charge in [-0.3, -0.25) is 14.4 Å². The quantitative estimate of drug-likeness (QED) is 0.791. The lowest BCUT2D eigenvalue weighted by Crippen LogP contribution is -2.54. The van der Waals surface area contributed by atoms with Crippen LogP contribution >= 0.6 is 0 Å². The molecule has 0 spiro atoms. The van der Waals surface area contributed by atoms with Crippen LogP contribution in [0.3, 0.4) is 0 Å². The lowest BCUT2D eigenvalue weighted by atomic mass is 9.86. The first-order valence-corrected chi connectivity index (χ1v) is 9.35. The molecule has 0 atom stereocenters. The van der Waals surface area contributed by atoms with Gasteiger partial charge in [0.1, 0.15) is 0 Å². The summed E-state index contributed by atoms with van der Waals surface area (Å²) in [5.41, 5.74) is 0. The first-order chi connectivity index (χ1) is 11.5. The van der Waals surface area contributed by atoms with Crippen molar-refractivity contribution in [2.24, 2.45) is 5.92 Å². The molecule has 6 nitrogen and oxygen atoms in total. The molecule has 0 radical (unpaired) electrons. The maximum atomic E-state index is 12.3. The van der Waals surface area contributed by atoms with Gasteiger partial charge in [-0.2, -0.15) is 0 Å². The second kappa shape index (κ2) is 9.04. The van der Waals surface area contributed by atoms with Crippen LogP contribution < -0.4 is 5.32 Å². The Kier molecular flexibility index (Phi) is 7.06. The minimum Gasteiger partial charge on any atom is -0.346 e. The van der Waals surface area contributed by atoms with Crippen LogP contribution in [0.5, 0.6) is 0 Å². The molecule has 2 fully saturated rings. The van der Waals surface area contributed by atoms with Crippen molar-refractivity contribution in [1.82, 2.24) is 15.1 Å². The van der Waals surface area contributed by atoms with Gasteiger partial charge in [-0.1, -0.05) is 32.1 Å². The van der Waals surface area contributed by atoms with E-state index < -0.39 is 11.8 Å². The van der Waals surface area contributed by atoms with Crippen molar-refractivity contribution in [3.8, 4) is 0 Å². The molecule has 1 aliphatic heterocycles. The van der Waals surface area contributed by atoms with Crippen LogP contribution in [-0.2, 0) is 14.4 Å². The maximum absolute atomic E-state index is 12.3. The van der Waals surface area contributed by atoms with E-state index in [0.717, 1.165) is 6.42 Å². The highest BCUT2D eigenvalue weighted by Crippen LogP contribution is 2.27. The third-order valence-electron chi connectivity index (χ3n) is 5.02.